The minimum absolute atomic E-state index is 0.00481. The van der Waals surface area contributed by atoms with Crippen molar-refractivity contribution in [3.8, 4) is 5.75 Å². The molecule has 3 heterocycles. The van der Waals surface area contributed by atoms with Crippen molar-refractivity contribution >= 4 is 11.8 Å². The Morgan fingerprint density at radius 3 is 2.38 bits per heavy atom. The second-order valence-corrected chi connectivity index (χ2v) is 8.59. The summed E-state index contributed by atoms with van der Waals surface area (Å²) >= 11 is 0. The Morgan fingerprint density at radius 2 is 1.71 bits per heavy atom. The number of benzene rings is 2. The zero-order valence-electron chi connectivity index (χ0n) is 19.3. The van der Waals surface area contributed by atoms with Crippen molar-refractivity contribution < 1.29 is 19.1 Å². The van der Waals surface area contributed by atoms with E-state index in [9.17, 15) is 9.59 Å². The molecule has 34 heavy (non-hydrogen) atoms. The smallest absolute Gasteiger partial charge is 0.276 e. The van der Waals surface area contributed by atoms with Crippen LogP contribution < -0.4 is 4.74 Å². The van der Waals surface area contributed by atoms with Crippen molar-refractivity contribution in [3.05, 3.63) is 76.6 Å². The molecular formula is C25H27N5O4. The van der Waals surface area contributed by atoms with Crippen LogP contribution in [0.1, 0.15) is 43.8 Å². The molecule has 2 aliphatic heterocycles. The Kier molecular flexibility index (Phi) is 6.02. The number of ether oxygens (including phenoxy) is 2. The molecule has 0 spiro atoms. The van der Waals surface area contributed by atoms with E-state index in [1.54, 1.807) is 21.6 Å². The lowest BCUT2D eigenvalue weighted by molar-refractivity contribution is -0.00204. The first-order chi connectivity index (χ1) is 16.5. The Morgan fingerprint density at radius 1 is 1.00 bits per heavy atom. The average Bonchev–Trinajstić information content (AvgIpc) is 3.31. The summed E-state index contributed by atoms with van der Waals surface area (Å²) in [7, 11) is 1.63. The molecule has 0 radical (unpaired) electrons. The number of hydrogen-bond donors (Lipinski definition) is 0. The molecule has 3 aromatic rings. The van der Waals surface area contributed by atoms with Gasteiger partial charge in [0, 0.05) is 31.7 Å². The normalized spacial score (nSPS) is 17.9. The van der Waals surface area contributed by atoms with Gasteiger partial charge in [0.05, 0.1) is 26.0 Å². The van der Waals surface area contributed by atoms with E-state index in [1.807, 2.05) is 55.5 Å². The fraction of sp³-hybridized carbons (Fsp3) is 0.360. The summed E-state index contributed by atoms with van der Waals surface area (Å²) in [5.74, 6) is 0.611. The van der Waals surface area contributed by atoms with Gasteiger partial charge in [0.25, 0.3) is 11.8 Å². The summed E-state index contributed by atoms with van der Waals surface area (Å²) in [6.07, 6.45) is -0.167. The number of aryl methyl sites for hydroxylation is 1. The summed E-state index contributed by atoms with van der Waals surface area (Å²) in [6.45, 7) is 4.60. The van der Waals surface area contributed by atoms with Crippen LogP contribution in [0.15, 0.2) is 48.5 Å². The minimum Gasteiger partial charge on any atom is -0.497 e. The minimum atomic E-state index is -0.171. The number of rotatable bonds is 4. The van der Waals surface area contributed by atoms with Gasteiger partial charge in [-0.2, -0.15) is 0 Å². The molecule has 1 unspecified atom stereocenters. The monoisotopic (exact) mass is 461 g/mol. The summed E-state index contributed by atoms with van der Waals surface area (Å²) in [6, 6.07) is 15.3. The number of amides is 2. The third-order valence-corrected chi connectivity index (χ3v) is 6.41. The number of carbonyl (C=O) groups is 2. The van der Waals surface area contributed by atoms with Crippen molar-refractivity contribution in [2.75, 3.05) is 33.3 Å². The molecule has 2 amide bonds. The highest BCUT2D eigenvalue weighted by Crippen LogP contribution is 2.28. The van der Waals surface area contributed by atoms with Crippen LogP contribution in [0.3, 0.4) is 0 Å². The lowest BCUT2D eigenvalue weighted by Crippen LogP contribution is -2.50. The van der Waals surface area contributed by atoms with Crippen molar-refractivity contribution in [2.45, 2.75) is 26.2 Å². The van der Waals surface area contributed by atoms with Crippen LogP contribution in [0.4, 0.5) is 0 Å². The quantitative estimate of drug-likeness (QED) is 0.593. The van der Waals surface area contributed by atoms with E-state index in [1.165, 1.54) is 0 Å². The van der Waals surface area contributed by atoms with Gasteiger partial charge in [0.2, 0.25) is 0 Å². The molecule has 1 atom stereocenters. The topological polar surface area (TPSA) is 89.8 Å². The molecule has 0 N–H and O–H groups in total. The SMILES string of the molecule is COc1ccc(C2Cn3nnc(C(=O)N4CCN(C(=O)c5cccc(C)c5)CC4)c3CO2)cc1. The molecular weight excluding hydrogens is 434 g/mol. The molecule has 0 saturated carbocycles. The second kappa shape index (κ2) is 9.26. The molecule has 2 aromatic carbocycles. The number of aromatic nitrogens is 3. The highest BCUT2D eigenvalue weighted by atomic mass is 16.5. The van der Waals surface area contributed by atoms with E-state index in [0.717, 1.165) is 16.9 Å². The lowest BCUT2D eigenvalue weighted by atomic mass is 10.1. The maximum Gasteiger partial charge on any atom is 0.276 e. The molecule has 9 heteroatoms. The van der Waals surface area contributed by atoms with Gasteiger partial charge in [-0.15, -0.1) is 5.10 Å². The van der Waals surface area contributed by atoms with Crippen LogP contribution in [0.2, 0.25) is 0 Å². The van der Waals surface area contributed by atoms with Gasteiger partial charge < -0.3 is 19.3 Å². The zero-order chi connectivity index (χ0) is 23.7. The van der Waals surface area contributed by atoms with Crippen molar-refractivity contribution in [3.63, 3.8) is 0 Å². The van der Waals surface area contributed by atoms with E-state index in [0.29, 0.717) is 49.7 Å². The van der Waals surface area contributed by atoms with Crippen molar-refractivity contribution in [2.24, 2.45) is 0 Å². The van der Waals surface area contributed by atoms with Crippen LogP contribution in [-0.4, -0.2) is 69.9 Å². The Bertz CT molecular complexity index is 1200. The molecule has 1 fully saturated rings. The third kappa shape index (κ3) is 4.26. The molecule has 0 bridgehead atoms. The molecule has 5 rings (SSSR count). The average molecular weight is 462 g/mol. The van der Waals surface area contributed by atoms with Crippen LogP contribution in [-0.2, 0) is 17.9 Å². The summed E-state index contributed by atoms with van der Waals surface area (Å²) in [5, 5.41) is 8.40. The number of nitrogens with zero attached hydrogens (tertiary/aromatic N) is 5. The van der Waals surface area contributed by atoms with Crippen molar-refractivity contribution in [1.82, 2.24) is 24.8 Å². The predicted octanol–water partition coefficient (Wildman–Crippen LogP) is 2.46. The van der Waals surface area contributed by atoms with Gasteiger partial charge in [0.15, 0.2) is 5.69 Å². The molecule has 2 aliphatic rings. The Balaban J connectivity index is 1.22. The van der Waals surface area contributed by atoms with Gasteiger partial charge in [-0.25, -0.2) is 4.68 Å². The van der Waals surface area contributed by atoms with Gasteiger partial charge in [0.1, 0.15) is 11.9 Å². The summed E-state index contributed by atoms with van der Waals surface area (Å²) in [5.41, 5.74) is 3.76. The van der Waals surface area contributed by atoms with Crippen LogP contribution in [0.25, 0.3) is 0 Å². The number of methoxy groups -OCH3 is 1. The van der Waals surface area contributed by atoms with Crippen LogP contribution in [0, 0.1) is 6.92 Å². The number of hydrogen-bond acceptors (Lipinski definition) is 6. The first-order valence-electron chi connectivity index (χ1n) is 11.4. The predicted molar refractivity (Wildman–Crippen MR) is 124 cm³/mol. The molecule has 0 aliphatic carbocycles. The third-order valence-electron chi connectivity index (χ3n) is 6.41. The van der Waals surface area contributed by atoms with E-state index in [-0.39, 0.29) is 24.5 Å². The first kappa shape index (κ1) is 22.1. The lowest BCUT2D eigenvalue weighted by Gasteiger charge is -2.34. The molecule has 9 nitrogen and oxygen atoms in total. The Labute approximate surface area is 197 Å². The van der Waals surface area contributed by atoms with Crippen LogP contribution in [0.5, 0.6) is 5.75 Å². The number of fused-ring (bicyclic) bond motifs is 1. The zero-order valence-corrected chi connectivity index (χ0v) is 19.3. The highest BCUT2D eigenvalue weighted by molar-refractivity contribution is 5.95. The Hall–Kier alpha value is -3.72. The van der Waals surface area contributed by atoms with E-state index in [2.05, 4.69) is 10.3 Å². The van der Waals surface area contributed by atoms with E-state index in [4.69, 9.17) is 9.47 Å². The van der Waals surface area contributed by atoms with E-state index < -0.39 is 0 Å². The summed E-state index contributed by atoms with van der Waals surface area (Å²) < 4.78 is 13.0. The maximum atomic E-state index is 13.2. The summed E-state index contributed by atoms with van der Waals surface area (Å²) in [4.78, 5) is 29.5. The largest absolute Gasteiger partial charge is 0.497 e. The number of piperazine rings is 1. The van der Waals surface area contributed by atoms with Gasteiger partial charge in [-0.3, -0.25) is 9.59 Å². The molecule has 176 valence electrons. The van der Waals surface area contributed by atoms with Gasteiger partial charge in [-0.1, -0.05) is 35.0 Å². The first-order valence-corrected chi connectivity index (χ1v) is 11.4. The van der Waals surface area contributed by atoms with Gasteiger partial charge in [-0.05, 0) is 36.8 Å². The molecule has 1 aromatic heterocycles. The molecule has 1 saturated heterocycles. The van der Waals surface area contributed by atoms with Crippen molar-refractivity contribution in [1.29, 1.82) is 0 Å². The fourth-order valence-corrected chi connectivity index (χ4v) is 4.42. The van der Waals surface area contributed by atoms with Gasteiger partial charge >= 0.3 is 0 Å². The highest BCUT2D eigenvalue weighted by Gasteiger charge is 2.32. The van der Waals surface area contributed by atoms with Crippen LogP contribution >= 0.6 is 0 Å². The number of carbonyl (C=O) groups excluding carboxylic acids is 2. The maximum absolute atomic E-state index is 13.2. The standard InChI is InChI=1S/C25H27N5O4/c1-17-4-3-5-19(14-17)24(31)28-10-12-29(13-11-28)25(32)23-21-16-34-22(15-30(21)27-26-23)18-6-8-20(33-2)9-7-18/h3-9,14,22H,10-13,15-16H2,1-2H3. The van der Waals surface area contributed by atoms with E-state index >= 15 is 0 Å². The second-order valence-electron chi connectivity index (χ2n) is 8.59. The fourth-order valence-electron chi connectivity index (χ4n) is 4.42.